The molecule has 0 spiro atoms. The molecule has 0 aliphatic carbocycles. The highest BCUT2D eigenvalue weighted by atomic mass is 35.5. The number of carbonyl (C=O) groups excluding carboxylic acids is 1. The zero-order valence-corrected chi connectivity index (χ0v) is 11.4. The summed E-state index contributed by atoms with van der Waals surface area (Å²) in [6.07, 6.45) is 0. The van der Waals surface area contributed by atoms with Crippen LogP contribution in [0.2, 0.25) is 5.02 Å². The van der Waals surface area contributed by atoms with Gasteiger partial charge in [-0.25, -0.2) is 0 Å². The zero-order chi connectivity index (χ0) is 14.5. The molecule has 0 unspecified atom stereocenters. The van der Waals surface area contributed by atoms with Gasteiger partial charge in [0.05, 0.1) is 23.8 Å². The van der Waals surface area contributed by atoms with E-state index >= 15 is 0 Å². The van der Waals surface area contributed by atoms with Crippen LogP contribution in [0.4, 0.5) is 5.69 Å². The van der Waals surface area contributed by atoms with Crippen molar-refractivity contribution in [1.82, 2.24) is 0 Å². The number of ether oxygens (including phenoxy) is 1. The van der Waals surface area contributed by atoms with Crippen LogP contribution in [-0.2, 0) is 0 Å². The molecule has 1 amide bonds. The second-order valence-corrected chi connectivity index (χ2v) is 4.40. The van der Waals surface area contributed by atoms with Crippen molar-refractivity contribution in [2.24, 2.45) is 0 Å². The lowest BCUT2D eigenvalue weighted by atomic mass is 10.1. The van der Waals surface area contributed by atoms with Gasteiger partial charge in [-0.3, -0.25) is 4.79 Å². The number of nitrogens with zero attached hydrogens (tertiary/aromatic N) is 1. The van der Waals surface area contributed by atoms with Gasteiger partial charge in [0, 0.05) is 17.3 Å². The van der Waals surface area contributed by atoms with E-state index in [-0.39, 0.29) is 5.91 Å². The molecule has 100 valence electrons. The topological polar surface area (TPSA) is 62.1 Å². The van der Waals surface area contributed by atoms with Crippen molar-refractivity contribution in [3.8, 4) is 11.8 Å². The molecule has 5 heteroatoms. The number of hydrogen-bond acceptors (Lipinski definition) is 3. The fourth-order valence-electron chi connectivity index (χ4n) is 1.67. The summed E-state index contributed by atoms with van der Waals surface area (Å²) >= 11 is 5.92. The molecule has 0 bridgehead atoms. The molecule has 4 nitrogen and oxygen atoms in total. The predicted octanol–water partition coefficient (Wildman–Crippen LogP) is 3.47. The number of rotatable bonds is 3. The molecule has 2 aromatic carbocycles. The minimum atomic E-state index is -0.300. The molecule has 0 heterocycles. The minimum Gasteiger partial charge on any atom is -0.495 e. The smallest absolute Gasteiger partial charge is 0.255 e. The molecule has 0 saturated carbocycles. The van der Waals surface area contributed by atoms with Crippen molar-refractivity contribution >= 4 is 23.2 Å². The maximum atomic E-state index is 12.1. The Kier molecular flexibility index (Phi) is 4.24. The first kappa shape index (κ1) is 13.9. The van der Waals surface area contributed by atoms with Crippen LogP contribution in [0.3, 0.4) is 0 Å². The van der Waals surface area contributed by atoms with E-state index in [4.69, 9.17) is 21.6 Å². The predicted molar refractivity (Wildman–Crippen MR) is 77.1 cm³/mol. The average molecular weight is 287 g/mol. The van der Waals surface area contributed by atoms with Crippen LogP contribution in [0, 0.1) is 11.3 Å². The fourth-order valence-corrected chi connectivity index (χ4v) is 1.87. The normalized spacial score (nSPS) is 9.65. The Hall–Kier alpha value is -2.51. The van der Waals surface area contributed by atoms with E-state index in [1.54, 1.807) is 36.4 Å². The molecule has 20 heavy (non-hydrogen) atoms. The molecular formula is C15H11ClN2O2. The molecular weight excluding hydrogens is 276 g/mol. The van der Waals surface area contributed by atoms with Crippen molar-refractivity contribution < 1.29 is 9.53 Å². The third-order valence-electron chi connectivity index (χ3n) is 2.66. The van der Waals surface area contributed by atoms with Crippen molar-refractivity contribution in [3.63, 3.8) is 0 Å². The molecule has 2 aromatic rings. The Morgan fingerprint density at radius 2 is 2.10 bits per heavy atom. The van der Waals surface area contributed by atoms with Gasteiger partial charge in [0.25, 0.3) is 5.91 Å². The first-order valence-corrected chi connectivity index (χ1v) is 6.17. The summed E-state index contributed by atoms with van der Waals surface area (Å²) in [5.74, 6) is 0.182. The molecule has 0 aromatic heterocycles. The second-order valence-electron chi connectivity index (χ2n) is 4.00. The fraction of sp³-hybridized carbons (Fsp3) is 0.0667. The lowest BCUT2D eigenvalue weighted by Crippen LogP contribution is -2.12. The Labute approximate surface area is 121 Å². The standard InChI is InChI=1S/C15H11ClN2O2/c1-20-14-8-12(5-6-13(14)16)18-15(19)11-4-2-3-10(7-11)9-17/h2-8H,1H3,(H,18,19). The quantitative estimate of drug-likeness (QED) is 0.939. The lowest BCUT2D eigenvalue weighted by Gasteiger charge is -2.08. The van der Waals surface area contributed by atoms with E-state index in [9.17, 15) is 4.79 Å². The summed E-state index contributed by atoms with van der Waals surface area (Å²) in [5, 5.41) is 12.0. The number of amides is 1. The highest BCUT2D eigenvalue weighted by molar-refractivity contribution is 6.32. The van der Waals surface area contributed by atoms with Gasteiger partial charge in [-0.15, -0.1) is 0 Å². The van der Waals surface area contributed by atoms with Crippen molar-refractivity contribution in [3.05, 3.63) is 58.6 Å². The van der Waals surface area contributed by atoms with Crippen molar-refractivity contribution in [2.75, 3.05) is 12.4 Å². The number of benzene rings is 2. The summed E-state index contributed by atoms with van der Waals surface area (Å²) in [6, 6.07) is 13.4. The average Bonchev–Trinajstić information content (AvgIpc) is 2.49. The molecule has 0 aliphatic rings. The number of hydrogen-bond donors (Lipinski definition) is 1. The monoisotopic (exact) mass is 286 g/mol. The number of nitriles is 1. The second kappa shape index (κ2) is 6.09. The Morgan fingerprint density at radius 1 is 1.30 bits per heavy atom. The maximum Gasteiger partial charge on any atom is 0.255 e. The largest absolute Gasteiger partial charge is 0.495 e. The lowest BCUT2D eigenvalue weighted by molar-refractivity contribution is 0.102. The van der Waals surface area contributed by atoms with Crippen LogP contribution < -0.4 is 10.1 Å². The van der Waals surface area contributed by atoms with Crippen LogP contribution in [0.5, 0.6) is 5.75 Å². The summed E-state index contributed by atoms with van der Waals surface area (Å²) in [4.78, 5) is 12.1. The number of carbonyl (C=O) groups is 1. The summed E-state index contributed by atoms with van der Waals surface area (Å²) in [5.41, 5.74) is 1.42. The van der Waals surface area contributed by atoms with Crippen LogP contribution in [-0.4, -0.2) is 13.0 Å². The van der Waals surface area contributed by atoms with Crippen LogP contribution in [0.15, 0.2) is 42.5 Å². The third-order valence-corrected chi connectivity index (χ3v) is 2.98. The van der Waals surface area contributed by atoms with Crippen LogP contribution >= 0.6 is 11.6 Å². The van der Waals surface area contributed by atoms with Crippen molar-refractivity contribution in [2.45, 2.75) is 0 Å². The molecule has 1 N–H and O–H groups in total. The van der Waals surface area contributed by atoms with Gasteiger partial charge >= 0.3 is 0 Å². The zero-order valence-electron chi connectivity index (χ0n) is 10.7. The number of nitrogens with one attached hydrogen (secondary N) is 1. The first-order valence-electron chi connectivity index (χ1n) is 5.79. The van der Waals surface area contributed by atoms with Gasteiger partial charge in [0.15, 0.2) is 0 Å². The highest BCUT2D eigenvalue weighted by Crippen LogP contribution is 2.27. The summed E-state index contributed by atoms with van der Waals surface area (Å²) in [6.45, 7) is 0. The summed E-state index contributed by atoms with van der Waals surface area (Å²) < 4.78 is 5.08. The van der Waals surface area contributed by atoms with E-state index in [2.05, 4.69) is 5.32 Å². The SMILES string of the molecule is COc1cc(NC(=O)c2cccc(C#N)c2)ccc1Cl. The first-order chi connectivity index (χ1) is 9.63. The molecule has 0 aliphatic heterocycles. The van der Waals surface area contributed by atoms with E-state index in [0.29, 0.717) is 27.6 Å². The third kappa shape index (κ3) is 3.08. The van der Waals surface area contributed by atoms with Gasteiger partial charge in [0.1, 0.15) is 5.75 Å². The Morgan fingerprint density at radius 3 is 2.80 bits per heavy atom. The molecule has 0 radical (unpaired) electrons. The Balaban J connectivity index is 2.21. The van der Waals surface area contributed by atoms with Gasteiger partial charge in [0.2, 0.25) is 0 Å². The van der Waals surface area contributed by atoms with E-state index in [0.717, 1.165) is 0 Å². The molecule has 0 saturated heterocycles. The van der Waals surface area contributed by atoms with E-state index in [1.165, 1.54) is 13.2 Å². The van der Waals surface area contributed by atoms with Gasteiger partial charge in [-0.2, -0.15) is 5.26 Å². The molecule has 0 atom stereocenters. The molecule has 2 rings (SSSR count). The number of halogens is 1. The van der Waals surface area contributed by atoms with E-state index < -0.39 is 0 Å². The van der Waals surface area contributed by atoms with Gasteiger partial charge in [-0.1, -0.05) is 17.7 Å². The van der Waals surface area contributed by atoms with Crippen LogP contribution in [0.25, 0.3) is 0 Å². The summed E-state index contributed by atoms with van der Waals surface area (Å²) in [7, 11) is 1.50. The number of anilines is 1. The van der Waals surface area contributed by atoms with E-state index in [1.807, 2.05) is 6.07 Å². The minimum absolute atomic E-state index is 0.300. The van der Waals surface area contributed by atoms with Crippen LogP contribution in [0.1, 0.15) is 15.9 Å². The van der Waals surface area contributed by atoms with Crippen molar-refractivity contribution in [1.29, 1.82) is 5.26 Å². The van der Waals surface area contributed by atoms with Gasteiger partial charge in [-0.05, 0) is 30.3 Å². The Bertz CT molecular complexity index is 693. The van der Waals surface area contributed by atoms with Gasteiger partial charge < -0.3 is 10.1 Å². The highest BCUT2D eigenvalue weighted by Gasteiger charge is 2.08. The number of methoxy groups -OCH3 is 1. The molecule has 0 fully saturated rings. The maximum absolute atomic E-state index is 12.1.